The Labute approximate surface area is 141 Å². The van der Waals surface area contributed by atoms with Gasteiger partial charge in [0.25, 0.3) is 0 Å². The molecule has 0 saturated carbocycles. The number of rotatable bonds is 2. The molecule has 2 heterocycles. The maximum atomic E-state index is 10.8. The topological polar surface area (TPSA) is 41.8 Å². The van der Waals surface area contributed by atoms with Gasteiger partial charge in [-0.1, -0.05) is 36.4 Å². The van der Waals surface area contributed by atoms with Gasteiger partial charge in [0.15, 0.2) is 0 Å². The molecule has 3 aromatic rings. The summed E-state index contributed by atoms with van der Waals surface area (Å²) in [4.78, 5) is 0. The van der Waals surface area contributed by atoms with Gasteiger partial charge in [0, 0.05) is 17.3 Å². The van der Waals surface area contributed by atoms with Gasteiger partial charge in [-0.3, -0.25) is 0 Å². The van der Waals surface area contributed by atoms with Gasteiger partial charge >= 0.3 is 0 Å². The smallest absolute Gasteiger partial charge is 0.127 e. The van der Waals surface area contributed by atoms with Gasteiger partial charge in [0.05, 0.1) is 18.8 Å². The van der Waals surface area contributed by atoms with Crippen molar-refractivity contribution in [3.8, 4) is 0 Å². The Hall–Kier alpha value is -2.10. The molecule has 5 rings (SSSR count). The minimum absolute atomic E-state index is 0.550. The average molecular weight is 319 g/mol. The summed E-state index contributed by atoms with van der Waals surface area (Å²) in [6.45, 7) is 2.28. The van der Waals surface area contributed by atoms with Crippen LogP contribution in [-0.4, -0.2) is 16.2 Å². The zero-order valence-electron chi connectivity index (χ0n) is 13.8. The number of nitrogens with zero attached hydrogens (tertiary/aromatic N) is 1. The number of aliphatic hydroxyl groups is 1. The maximum absolute atomic E-state index is 10.8. The summed E-state index contributed by atoms with van der Waals surface area (Å²) in [6, 6.07) is 17.1. The summed E-state index contributed by atoms with van der Waals surface area (Å²) in [5.41, 5.74) is 6.39. The van der Waals surface area contributed by atoms with Crippen molar-refractivity contribution in [1.29, 1.82) is 0 Å². The quantitative estimate of drug-likeness (QED) is 0.749. The minimum Gasteiger partial charge on any atom is -0.384 e. The molecule has 1 aliphatic carbocycles. The summed E-state index contributed by atoms with van der Waals surface area (Å²) in [6.07, 6.45) is 3.20. The van der Waals surface area contributed by atoms with Crippen molar-refractivity contribution in [3.63, 3.8) is 0 Å². The maximum Gasteiger partial charge on any atom is 0.127 e. The lowest BCUT2D eigenvalue weighted by molar-refractivity contribution is -0.704. The van der Waals surface area contributed by atoms with Crippen LogP contribution < -0.4 is 5.32 Å². The molecule has 0 spiro atoms. The number of nitrogens with two attached hydrogens (primary N) is 1. The molecule has 0 amide bonds. The molecule has 2 aliphatic rings. The Balaban J connectivity index is 1.67. The standard InChI is InChI=1S/C21H22N2O/c24-21(14-5-2-1-3-6-14)15-9-10-19-17(13-15)16-7-4-8-18-20(16)23(19)12-11-22-18/h1-3,5-6,9-10,13,18,21-22,24H,4,7-8,11-12H2/p+1/t18-,21+/m0/s1. The van der Waals surface area contributed by atoms with Crippen LogP contribution in [0.25, 0.3) is 10.9 Å². The van der Waals surface area contributed by atoms with Crippen molar-refractivity contribution >= 4 is 10.9 Å². The largest absolute Gasteiger partial charge is 0.384 e. The van der Waals surface area contributed by atoms with Crippen LogP contribution in [0.4, 0.5) is 0 Å². The summed E-state index contributed by atoms with van der Waals surface area (Å²) in [7, 11) is 0. The van der Waals surface area contributed by atoms with E-state index in [1.807, 2.05) is 30.3 Å². The number of hydrogen-bond acceptors (Lipinski definition) is 1. The van der Waals surface area contributed by atoms with E-state index in [-0.39, 0.29) is 0 Å². The van der Waals surface area contributed by atoms with E-state index >= 15 is 0 Å². The highest BCUT2D eigenvalue weighted by Gasteiger charge is 2.32. The molecular weight excluding hydrogens is 296 g/mol. The monoisotopic (exact) mass is 319 g/mol. The molecule has 0 radical (unpaired) electrons. The van der Waals surface area contributed by atoms with Crippen molar-refractivity contribution < 1.29 is 10.4 Å². The Morgan fingerprint density at radius 2 is 1.96 bits per heavy atom. The van der Waals surface area contributed by atoms with Gasteiger partial charge in [-0.25, -0.2) is 0 Å². The van der Waals surface area contributed by atoms with Crippen LogP contribution >= 0.6 is 0 Å². The first-order chi connectivity index (χ1) is 11.8. The fraction of sp³-hybridized carbons (Fsp3) is 0.333. The van der Waals surface area contributed by atoms with E-state index in [4.69, 9.17) is 0 Å². The molecule has 24 heavy (non-hydrogen) atoms. The number of aliphatic hydroxyl groups excluding tert-OH is 1. The zero-order chi connectivity index (χ0) is 16.1. The first kappa shape index (κ1) is 14.3. The highest BCUT2D eigenvalue weighted by atomic mass is 16.3. The second-order valence-corrected chi connectivity index (χ2v) is 7.13. The summed E-state index contributed by atoms with van der Waals surface area (Å²) < 4.78 is 2.53. The lowest BCUT2D eigenvalue weighted by Gasteiger charge is -2.27. The molecule has 0 unspecified atom stereocenters. The van der Waals surface area contributed by atoms with Crippen LogP contribution in [0.15, 0.2) is 48.5 Å². The van der Waals surface area contributed by atoms with E-state index in [1.54, 1.807) is 5.69 Å². The molecule has 2 aromatic carbocycles. The third-order valence-corrected chi connectivity index (χ3v) is 5.76. The predicted molar refractivity (Wildman–Crippen MR) is 94.9 cm³/mol. The predicted octanol–water partition coefficient (Wildman–Crippen LogP) is 2.68. The number of aromatic nitrogens is 1. The van der Waals surface area contributed by atoms with E-state index in [9.17, 15) is 5.11 Å². The molecular formula is C21H23N2O+. The minimum atomic E-state index is -0.550. The first-order valence-corrected chi connectivity index (χ1v) is 9.04. The Kier molecular flexibility index (Phi) is 3.25. The van der Waals surface area contributed by atoms with E-state index < -0.39 is 6.10 Å². The van der Waals surface area contributed by atoms with Gasteiger partial charge in [0.1, 0.15) is 12.1 Å². The number of hydrogen-bond donors (Lipinski definition) is 2. The van der Waals surface area contributed by atoms with Crippen LogP contribution in [0.2, 0.25) is 0 Å². The Morgan fingerprint density at radius 3 is 2.83 bits per heavy atom. The number of fused-ring (bicyclic) bond motifs is 3. The van der Waals surface area contributed by atoms with Crippen LogP contribution in [-0.2, 0) is 13.0 Å². The van der Waals surface area contributed by atoms with Crippen LogP contribution in [0, 0.1) is 0 Å². The molecule has 2 atom stereocenters. The Bertz CT molecular complexity index is 895. The van der Waals surface area contributed by atoms with Crippen molar-refractivity contribution in [1.82, 2.24) is 4.57 Å². The molecule has 122 valence electrons. The average Bonchev–Trinajstić information content (AvgIpc) is 2.98. The molecule has 3 N–H and O–H groups in total. The fourth-order valence-corrected chi connectivity index (χ4v) is 4.66. The SMILES string of the molecule is O[C@H](c1ccccc1)c1ccc2c(c1)c1c3n2CC[NH2+][C@H]3CCC1. The van der Waals surface area contributed by atoms with E-state index in [1.165, 1.54) is 42.3 Å². The molecule has 0 bridgehead atoms. The van der Waals surface area contributed by atoms with Crippen molar-refractivity contribution in [2.24, 2.45) is 0 Å². The van der Waals surface area contributed by atoms with Crippen LogP contribution in [0.1, 0.15) is 47.4 Å². The third-order valence-electron chi connectivity index (χ3n) is 5.76. The number of benzene rings is 2. The van der Waals surface area contributed by atoms with Crippen LogP contribution in [0.5, 0.6) is 0 Å². The fourth-order valence-electron chi connectivity index (χ4n) is 4.66. The normalized spacial score (nSPS) is 20.8. The summed E-state index contributed by atoms with van der Waals surface area (Å²) in [5, 5.41) is 14.6. The van der Waals surface area contributed by atoms with Crippen molar-refractivity contribution in [3.05, 3.63) is 70.9 Å². The van der Waals surface area contributed by atoms with E-state index in [2.05, 4.69) is 28.1 Å². The highest BCUT2D eigenvalue weighted by molar-refractivity contribution is 5.87. The molecule has 1 aliphatic heterocycles. The van der Waals surface area contributed by atoms with Gasteiger partial charge in [-0.15, -0.1) is 0 Å². The lowest BCUT2D eigenvalue weighted by atomic mass is 9.90. The van der Waals surface area contributed by atoms with E-state index in [0.717, 1.165) is 17.7 Å². The number of quaternary nitrogens is 1. The second kappa shape index (κ2) is 5.47. The summed E-state index contributed by atoms with van der Waals surface area (Å²) >= 11 is 0. The summed E-state index contributed by atoms with van der Waals surface area (Å²) in [5.74, 6) is 0. The lowest BCUT2D eigenvalue weighted by Crippen LogP contribution is -2.88. The number of aryl methyl sites for hydroxylation is 1. The van der Waals surface area contributed by atoms with Gasteiger partial charge < -0.3 is 15.0 Å². The molecule has 0 fully saturated rings. The van der Waals surface area contributed by atoms with Crippen molar-refractivity contribution in [2.45, 2.75) is 38.0 Å². The highest BCUT2D eigenvalue weighted by Crippen LogP contribution is 2.38. The van der Waals surface area contributed by atoms with Gasteiger partial charge in [-0.05, 0) is 41.7 Å². The zero-order valence-corrected chi connectivity index (χ0v) is 13.8. The van der Waals surface area contributed by atoms with Gasteiger partial charge in [0.2, 0.25) is 0 Å². The third kappa shape index (κ3) is 2.05. The van der Waals surface area contributed by atoms with Crippen molar-refractivity contribution in [2.75, 3.05) is 6.54 Å². The molecule has 1 aromatic heterocycles. The second-order valence-electron chi connectivity index (χ2n) is 7.13. The Morgan fingerprint density at radius 1 is 1.08 bits per heavy atom. The first-order valence-electron chi connectivity index (χ1n) is 9.04. The van der Waals surface area contributed by atoms with Gasteiger partial charge in [-0.2, -0.15) is 0 Å². The van der Waals surface area contributed by atoms with E-state index in [0.29, 0.717) is 6.04 Å². The molecule has 3 nitrogen and oxygen atoms in total. The van der Waals surface area contributed by atoms with Crippen LogP contribution in [0.3, 0.4) is 0 Å². The molecule has 0 saturated heterocycles. The molecule has 3 heteroatoms.